The summed E-state index contributed by atoms with van der Waals surface area (Å²) in [5, 5.41) is 11.8. The molecule has 106 valence electrons. The molecule has 0 aliphatic heterocycles. The molecule has 3 N–H and O–H groups in total. The van der Waals surface area contributed by atoms with Crippen LogP contribution in [0, 0.1) is 5.41 Å². The van der Waals surface area contributed by atoms with E-state index in [0.717, 1.165) is 25.9 Å². The molecule has 0 aliphatic rings. The lowest BCUT2D eigenvalue weighted by molar-refractivity contribution is 0.278. The highest BCUT2D eigenvalue weighted by Gasteiger charge is 2.23. The van der Waals surface area contributed by atoms with E-state index in [1.807, 2.05) is 38.4 Å². The average molecular weight is 264 g/mol. The summed E-state index contributed by atoms with van der Waals surface area (Å²) in [5.41, 5.74) is 6.69. The molecular weight excluding hydrogens is 240 g/mol. The maximum absolute atomic E-state index is 8.73. The quantitative estimate of drug-likeness (QED) is 0.340. The Labute approximate surface area is 115 Å². The van der Waals surface area contributed by atoms with Crippen molar-refractivity contribution in [1.82, 2.24) is 9.88 Å². The van der Waals surface area contributed by atoms with Gasteiger partial charge in [-0.2, -0.15) is 0 Å². The van der Waals surface area contributed by atoms with Gasteiger partial charge in [0.05, 0.1) is 0 Å². The second kappa shape index (κ2) is 7.09. The first-order chi connectivity index (χ1) is 8.95. The van der Waals surface area contributed by atoms with Gasteiger partial charge in [-0.1, -0.05) is 19.0 Å². The minimum atomic E-state index is -0.278. The van der Waals surface area contributed by atoms with E-state index < -0.39 is 0 Å². The summed E-state index contributed by atoms with van der Waals surface area (Å²) in [7, 11) is 2.09. The van der Waals surface area contributed by atoms with E-state index in [4.69, 9.17) is 10.9 Å². The lowest BCUT2D eigenvalue weighted by atomic mass is 9.88. The van der Waals surface area contributed by atoms with Crippen LogP contribution in [0.25, 0.3) is 0 Å². The minimum absolute atomic E-state index is 0.278. The van der Waals surface area contributed by atoms with Crippen molar-refractivity contribution in [3.05, 3.63) is 30.1 Å². The van der Waals surface area contributed by atoms with Crippen molar-refractivity contribution in [2.75, 3.05) is 20.1 Å². The third kappa shape index (κ3) is 5.26. The number of rotatable bonds is 7. The smallest absolute Gasteiger partial charge is 0.144 e. The van der Waals surface area contributed by atoms with Crippen LogP contribution in [0.5, 0.6) is 0 Å². The van der Waals surface area contributed by atoms with Crippen LogP contribution in [0.1, 0.15) is 25.8 Å². The second-order valence-electron chi connectivity index (χ2n) is 5.53. The van der Waals surface area contributed by atoms with Gasteiger partial charge in [0.25, 0.3) is 0 Å². The van der Waals surface area contributed by atoms with Crippen molar-refractivity contribution < 1.29 is 5.21 Å². The Hall–Kier alpha value is -1.62. The van der Waals surface area contributed by atoms with Gasteiger partial charge < -0.3 is 15.8 Å². The Balaban J connectivity index is 2.34. The van der Waals surface area contributed by atoms with Crippen LogP contribution in [0.4, 0.5) is 0 Å². The fourth-order valence-electron chi connectivity index (χ4n) is 1.72. The number of amidine groups is 1. The summed E-state index contributed by atoms with van der Waals surface area (Å²) in [6.45, 7) is 5.86. The maximum Gasteiger partial charge on any atom is 0.144 e. The zero-order valence-corrected chi connectivity index (χ0v) is 12.0. The average Bonchev–Trinajstić information content (AvgIpc) is 2.43. The molecule has 0 atom stereocenters. The van der Waals surface area contributed by atoms with Gasteiger partial charge in [-0.25, -0.2) is 0 Å². The van der Waals surface area contributed by atoms with E-state index in [1.54, 1.807) is 0 Å². The van der Waals surface area contributed by atoms with Crippen LogP contribution >= 0.6 is 0 Å². The number of likely N-dealkylation sites (N-methyl/N-ethyl adjacent to an activating group) is 1. The van der Waals surface area contributed by atoms with Crippen LogP contribution in [-0.4, -0.2) is 41.1 Å². The van der Waals surface area contributed by atoms with Crippen molar-refractivity contribution in [2.45, 2.75) is 26.7 Å². The Kier molecular flexibility index (Phi) is 5.76. The Morgan fingerprint density at radius 1 is 1.37 bits per heavy atom. The topological polar surface area (TPSA) is 74.7 Å². The molecule has 0 unspecified atom stereocenters. The molecule has 1 aromatic rings. The zero-order chi connectivity index (χ0) is 14.3. The predicted octanol–water partition coefficient (Wildman–Crippen LogP) is 1.72. The molecule has 19 heavy (non-hydrogen) atoms. The number of aromatic nitrogens is 1. The van der Waals surface area contributed by atoms with Gasteiger partial charge in [-0.3, -0.25) is 4.98 Å². The Bertz CT molecular complexity index is 403. The lowest BCUT2D eigenvalue weighted by Crippen LogP contribution is -2.35. The first-order valence-electron chi connectivity index (χ1n) is 6.51. The van der Waals surface area contributed by atoms with Crippen molar-refractivity contribution in [2.24, 2.45) is 16.3 Å². The SMILES string of the molecule is CN(CCc1ccncc1)CCC(C)(C)C(N)=NO. The van der Waals surface area contributed by atoms with Gasteiger partial charge >= 0.3 is 0 Å². The van der Waals surface area contributed by atoms with Crippen LogP contribution < -0.4 is 5.73 Å². The van der Waals surface area contributed by atoms with Crippen molar-refractivity contribution in [3.8, 4) is 0 Å². The predicted molar refractivity (Wildman–Crippen MR) is 77.2 cm³/mol. The summed E-state index contributed by atoms with van der Waals surface area (Å²) >= 11 is 0. The summed E-state index contributed by atoms with van der Waals surface area (Å²) in [6.07, 6.45) is 5.49. The minimum Gasteiger partial charge on any atom is -0.409 e. The number of pyridine rings is 1. The number of nitrogens with zero attached hydrogens (tertiary/aromatic N) is 3. The fraction of sp³-hybridized carbons (Fsp3) is 0.571. The molecular formula is C14H24N4O. The van der Waals surface area contributed by atoms with E-state index in [1.165, 1.54) is 5.56 Å². The summed E-state index contributed by atoms with van der Waals surface area (Å²) < 4.78 is 0. The standard InChI is InChI=1S/C14H24N4O/c1-14(2,13(15)17-19)7-11-18(3)10-6-12-4-8-16-9-5-12/h4-5,8-9,19H,6-7,10-11H2,1-3H3,(H2,15,17). The zero-order valence-electron chi connectivity index (χ0n) is 12.0. The molecule has 1 rings (SSSR count). The number of nitrogens with two attached hydrogens (primary N) is 1. The van der Waals surface area contributed by atoms with Crippen LogP contribution in [-0.2, 0) is 6.42 Å². The van der Waals surface area contributed by atoms with Gasteiger partial charge in [-0.15, -0.1) is 0 Å². The third-order valence-corrected chi connectivity index (χ3v) is 3.45. The van der Waals surface area contributed by atoms with E-state index in [0.29, 0.717) is 0 Å². The van der Waals surface area contributed by atoms with Crippen molar-refractivity contribution >= 4 is 5.84 Å². The molecule has 0 bridgehead atoms. The summed E-state index contributed by atoms with van der Waals surface area (Å²) in [4.78, 5) is 6.26. The largest absolute Gasteiger partial charge is 0.409 e. The Morgan fingerprint density at radius 2 is 2.00 bits per heavy atom. The maximum atomic E-state index is 8.73. The molecule has 0 fully saturated rings. The van der Waals surface area contributed by atoms with E-state index in [2.05, 4.69) is 22.1 Å². The van der Waals surface area contributed by atoms with E-state index in [-0.39, 0.29) is 11.3 Å². The van der Waals surface area contributed by atoms with Gasteiger partial charge in [0.2, 0.25) is 0 Å². The first-order valence-corrected chi connectivity index (χ1v) is 6.51. The molecule has 1 heterocycles. The van der Waals surface area contributed by atoms with Gasteiger partial charge in [0.15, 0.2) is 0 Å². The molecule has 1 aromatic heterocycles. The highest BCUT2D eigenvalue weighted by atomic mass is 16.4. The van der Waals surface area contributed by atoms with Crippen molar-refractivity contribution in [1.29, 1.82) is 0 Å². The van der Waals surface area contributed by atoms with E-state index >= 15 is 0 Å². The number of hydrogen-bond donors (Lipinski definition) is 2. The molecule has 0 saturated heterocycles. The monoisotopic (exact) mass is 264 g/mol. The van der Waals surface area contributed by atoms with E-state index in [9.17, 15) is 0 Å². The van der Waals surface area contributed by atoms with Crippen LogP contribution in [0.15, 0.2) is 29.7 Å². The highest BCUT2D eigenvalue weighted by molar-refractivity contribution is 5.85. The highest BCUT2D eigenvalue weighted by Crippen LogP contribution is 2.20. The second-order valence-corrected chi connectivity index (χ2v) is 5.53. The van der Waals surface area contributed by atoms with Gasteiger partial charge in [0, 0.05) is 24.4 Å². The molecule has 0 radical (unpaired) electrons. The van der Waals surface area contributed by atoms with Crippen LogP contribution in [0.3, 0.4) is 0 Å². The molecule has 0 aliphatic carbocycles. The normalized spacial score (nSPS) is 12.9. The molecule has 0 aromatic carbocycles. The molecule has 0 amide bonds. The number of oxime groups is 1. The molecule has 5 nitrogen and oxygen atoms in total. The number of hydrogen-bond acceptors (Lipinski definition) is 4. The summed E-state index contributed by atoms with van der Waals surface area (Å²) in [6, 6.07) is 4.07. The molecule has 0 saturated carbocycles. The lowest BCUT2D eigenvalue weighted by Gasteiger charge is -2.26. The first kappa shape index (κ1) is 15.4. The summed E-state index contributed by atoms with van der Waals surface area (Å²) in [5.74, 6) is 0.287. The third-order valence-electron chi connectivity index (χ3n) is 3.45. The van der Waals surface area contributed by atoms with Crippen molar-refractivity contribution in [3.63, 3.8) is 0 Å². The molecule has 0 spiro atoms. The van der Waals surface area contributed by atoms with Gasteiger partial charge in [0.1, 0.15) is 5.84 Å². The van der Waals surface area contributed by atoms with Crippen LogP contribution in [0.2, 0.25) is 0 Å². The molecule has 5 heteroatoms. The fourth-order valence-corrected chi connectivity index (χ4v) is 1.72. The van der Waals surface area contributed by atoms with Gasteiger partial charge in [-0.05, 0) is 44.1 Å². The Morgan fingerprint density at radius 3 is 2.58 bits per heavy atom.